The zero-order chi connectivity index (χ0) is 17.4. The van der Waals surface area contributed by atoms with Gasteiger partial charge in [0.15, 0.2) is 0 Å². The molecule has 2 aromatic rings. The lowest BCUT2D eigenvalue weighted by atomic mass is 9.85. The second-order valence-corrected chi connectivity index (χ2v) is 7.54. The summed E-state index contributed by atoms with van der Waals surface area (Å²) in [5.74, 6) is 0.310. The van der Waals surface area contributed by atoms with Gasteiger partial charge >= 0.3 is 0 Å². The summed E-state index contributed by atoms with van der Waals surface area (Å²) in [7, 11) is 0. The van der Waals surface area contributed by atoms with Crippen molar-refractivity contribution >= 4 is 41.3 Å². The molecule has 4 heteroatoms. The Bertz CT molecular complexity index is 839. The summed E-state index contributed by atoms with van der Waals surface area (Å²) in [6.07, 6.45) is 7.80. The van der Waals surface area contributed by atoms with E-state index in [0.717, 1.165) is 43.4 Å². The lowest BCUT2D eigenvalue weighted by molar-refractivity contribution is -0.143. The van der Waals surface area contributed by atoms with Gasteiger partial charge in [0, 0.05) is 34.6 Å². The van der Waals surface area contributed by atoms with Crippen LogP contribution in [0.25, 0.3) is 12.2 Å². The minimum absolute atomic E-state index is 0.310. The van der Waals surface area contributed by atoms with E-state index in [2.05, 4.69) is 24.3 Å². The molecular weight excluding hydrogens is 353 g/mol. The molecule has 1 saturated heterocycles. The fourth-order valence-electron chi connectivity index (χ4n) is 3.69. The fraction of sp³-hybridized carbons (Fsp3) is 0.286. The van der Waals surface area contributed by atoms with E-state index in [-0.39, 0.29) is 0 Å². The maximum atomic E-state index is 11.7. The van der Waals surface area contributed by atoms with Crippen LogP contribution in [0.15, 0.2) is 36.4 Å². The van der Waals surface area contributed by atoms with Gasteiger partial charge in [-0.25, -0.2) is 0 Å². The monoisotopic (exact) mass is 371 g/mol. The predicted molar refractivity (Wildman–Crippen MR) is 104 cm³/mol. The van der Waals surface area contributed by atoms with Crippen molar-refractivity contribution < 1.29 is 4.79 Å². The molecule has 128 valence electrons. The van der Waals surface area contributed by atoms with E-state index in [1.807, 2.05) is 29.2 Å². The van der Waals surface area contributed by atoms with Crippen molar-refractivity contribution in [2.45, 2.75) is 31.7 Å². The van der Waals surface area contributed by atoms with Crippen LogP contribution >= 0.6 is 23.2 Å². The summed E-state index contributed by atoms with van der Waals surface area (Å²) in [4.78, 5) is 13.7. The lowest BCUT2D eigenvalue weighted by Gasteiger charge is -2.40. The molecule has 2 aromatic carbocycles. The third-order valence-electron chi connectivity index (χ3n) is 5.20. The molecule has 0 saturated carbocycles. The summed E-state index contributed by atoms with van der Waals surface area (Å²) in [6, 6.07) is 12.5. The largest absolute Gasteiger partial charge is 0.339 e. The van der Waals surface area contributed by atoms with Crippen LogP contribution in [-0.4, -0.2) is 23.4 Å². The van der Waals surface area contributed by atoms with Crippen molar-refractivity contribution in [3.63, 3.8) is 0 Å². The molecule has 2 nitrogen and oxygen atoms in total. The standard InChI is InChI=1S/C21H19Cl2NO/c22-19-2-1-3-20(23)18(19)9-5-14-4-6-16-13-17(8-7-15(16)12-14)24-11-10-21(24)25/h1-6,9,12,17H,7-8,10-11,13H2/b9-5+. The number of β-lactam (4-membered cyclic amide) rings is 1. The van der Waals surface area contributed by atoms with E-state index in [0.29, 0.717) is 22.0 Å². The van der Waals surface area contributed by atoms with E-state index >= 15 is 0 Å². The first-order chi connectivity index (χ1) is 12.1. The predicted octanol–water partition coefficient (Wildman–Crippen LogP) is 5.25. The highest BCUT2D eigenvalue weighted by Gasteiger charge is 2.32. The highest BCUT2D eigenvalue weighted by molar-refractivity contribution is 6.37. The minimum atomic E-state index is 0.310. The number of benzene rings is 2. The minimum Gasteiger partial charge on any atom is -0.339 e. The number of rotatable bonds is 3. The Morgan fingerprint density at radius 3 is 2.48 bits per heavy atom. The highest BCUT2D eigenvalue weighted by atomic mass is 35.5. The molecule has 0 aromatic heterocycles. The highest BCUT2D eigenvalue weighted by Crippen LogP contribution is 2.30. The number of carbonyl (C=O) groups is 1. The average molecular weight is 372 g/mol. The van der Waals surface area contributed by atoms with Gasteiger partial charge in [-0.2, -0.15) is 0 Å². The average Bonchev–Trinajstić information content (AvgIpc) is 2.60. The van der Waals surface area contributed by atoms with Crippen molar-refractivity contribution in [2.24, 2.45) is 0 Å². The number of carbonyl (C=O) groups excluding carboxylic acids is 1. The Kier molecular flexibility index (Phi) is 4.58. The Morgan fingerprint density at radius 2 is 1.80 bits per heavy atom. The van der Waals surface area contributed by atoms with Gasteiger partial charge in [-0.15, -0.1) is 0 Å². The Balaban J connectivity index is 1.52. The van der Waals surface area contributed by atoms with Crippen molar-refractivity contribution in [1.29, 1.82) is 0 Å². The molecule has 1 aliphatic heterocycles. The van der Waals surface area contributed by atoms with Gasteiger partial charge in [0.1, 0.15) is 0 Å². The number of hydrogen-bond donors (Lipinski definition) is 0. The molecule has 0 N–H and O–H groups in total. The molecule has 4 rings (SSSR count). The van der Waals surface area contributed by atoms with Crippen molar-refractivity contribution in [1.82, 2.24) is 4.90 Å². The second-order valence-electron chi connectivity index (χ2n) is 6.73. The van der Waals surface area contributed by atoms with Gasteiger partial charge in [-0.05, 0) is 48.1 Å². The zero-order valence-electron chi connectivity index (χ0n) is 13.8. The van der Waals surface area contributed by atoms with Gasteiger partial charge in [0.25, 0.3) is 0 Å². The Labute approximate surface area is 158 Å². The number of fused-ring (bicyclic) bond motifs is 1. The summed E-state index contributed by atoms with van der Waals surface area (Å²) in [6.45, 7) is 0.929. The fourth-order valence-corrected chi connectivity index (χ4v) is 4.22. The summed E-state index contributed by atoms with van der Waals surface area (Å²) < 4.78 is 0. The van der Waals surface area contributed by atoms with E-state index in [1.165, 1.54) is 11.1 Å². The Hall–Kier alpha value is -1.77. The number of hydrogen-bond acceptors (Lipinski definition) is 1. The molecule has 1 heterocycles. The van der Waals surface area contributed by atoms with Crippen LogP contribution in [0.3, 0.4) is 0 Å². The van der Waals surface area contributed by atoms with E-state index < -0.39 is 0 Å². The second kappa shape index (κ2) is 6.86. The van der Waals surface area contributed by atoms with E-state index in [9.17, 15) is 4.79 Å². The molecular formula is C21H19Cl2NO. The van der Waals surface area contributed by atoms with Crippen LogP contribution < -0.4 is 0 Å². The molecule has 1 atom stereocenters. The van der Waals surface area contributed by atoms with E-state index in [4.69, 9.17) is 23.2 Å². The molecule has 0 radical (unpaired) electrons. The topological polar surface area (TPSA) is 20.3 Å². The third-order valence-corrected chi connectivity index (χ3v) is 5.86. The SMILES string of the molecule is O=C1CCN1C1CCc2cc(/C=C/c3c(Cl)cccc3Cl)ccc2C1. The molecule has 0 spiro atoms. The molecule has 1 fully saturated rings. The molecule has 1 aliphatic carbocycles. The number of likely N-dealkylation sites (tertiary alicyclic amines) is 1. The first-order valence-electron chi connectivity index (χ1n) is 8.65. The van der Waals surface area contributed by atoms with Crippen molar-refractivity contribution in [3.05, 3.63) is 68.7 Å². The van der Waals surface area contributed by atoms with Crippen molar-refractivity contribution in [2.75, 3.05) is 6.54 Å². The van der Waals surface area contributed by atoms with E-state index in [1.54, 1.807) is 0 Å². The van der Waals surface area contributed by atoms with Crippen LogP contribution in [0.4, 0.5) is 0 Å². The molecule has 2 aliphatic rings. The van der Waals surface area contributed by atoms with Crippen LogP contribution in [0.5, 0.6) is 0 Å². The van der Waals surface area contributed by atoms with Gasteiger partial charge in [0.05, 0.1) is 0 Å². The lowest BCUT2D eigenvalue weighted by Crippen LogP contribution is -2.51. The quantitative estimate of drug-likeness (QED) is 0.532. The normalized spacial score (nSPS) is 19.8. The third kappa shape index (κ3) is 3.33. The van der Waals surface area contributed by atoms with Crippen LogP contribution in [-0.2, 0) is 17.6 Å². The summed E-state index contributed by atoms with van der Waals surface area (Å²) in [5, 5.41) is 1.31. The maximum Gasteiger partial charge on any atom is 0.224 e. The van der Waals surface area contributed by atoms with Crippen LogP contribution in [0.1, 0.15) is 35.1 Å². The Morgan fingerprint density at radius 1 is 1.00 bits per heavy atom. The number of halogens is 2. The number of aryl methyl sites for hydroxylation is 1. The maximum absolute atomic E-state index is 11.7. The van der Waals surface area contributed by atoms with Crippen LogP contribution in [0, 0.1) is 0 Å². The van der Waals surface area contributed by atoms with Gasteiger partial charge < -0.3 is 4.90 Å². The van der Waals surface area contributed by atoms with Gasteiger partial charge in [-0.3, -0.25) is 4.79 Å². The van der Waals surface area contributed by atoms with Gasteiger partial charge in [0.2, 0.25) is 5.91 Å². The first kappa shape index (κ1) is 16.7. The molecule has 25 heavy (non-hydrogen) atoms. The summed E-state index contributed by atoms with van der Waals surface area (Å²) >= 11 is 12.4. The van der Waals surface area contributed by atoms with Crippen molar-refractivity contribution in [3.8, 4) is 0 Å². The van der Waals surface area contributed by atoms with Gasteiger partial charge in [-0.1, -0.05) is 59.6 Å². The van der Waals surface area contributed by atoms with Crippen LogP contribution in [0.2, 0.25) is 10.0 Å². The molecule has 1 unspecified atom stereocenters. The molecule has 1 amide bonds. The zero-order valence-corrected chi connectivity index (χ0v) is 15.4. The number of nitrogens with zero attached hydrogens (tertiary/aromatic N) is 1. The number of amides is 1. The smallest absolute Gasteiger partial charge is 0.224 e. The first-order valence-corrected chi connectivity index (χ1v) is 9.41. The summed E-state index contributed by atoms with van der Waals surface area (Å²) in [5.41, 5.74) is 4.74. The molecule has 0 bridgehead atoms.